The van der Waals surface area contributed by atoms with E-state index in [0.29, 0.717) is 5.92 Å². The standard InChI is InChI=1S/C9H17NO2S/c1-6(2)13(11,12)10-9-5-8(9)7-3-4-7/h6-10H,3-5H2,1-2H3. The van der Waals surface area contributed by atoms with E-state index in [1.165, 1.54) is 12.8 Å². The molecule has 2 saturated carbocycles. The molecule has 2 unspecified atom stereocenters. The normalized spacial score (nSPS) is 33.8. The maximum absolute atomic E-state index is 11.5. The minimum absolute atomic E-state index is 0.264. The topological polar surface area (TPSA) is 46.2 Å². The molecule has 0 aromatic rings. The van der Waals surface area contributed by atoms with Crippen LogP contribution in [0.15, 0.2) is 0 Å². The van der Waals surface area contributed by atoms with E-state index in [4.69, 9.17) is 0 Å². The highest BCUT2D eigenvalue weighted by Crippen LogP contribution is 2.50. The van der Waals surface area contributed by atoms with Crippen molar-refractivity contribution in [1.82, 2.24) is 4.72 Å². The van der Waals surface area contributed by atoms with Gasteiger partial charge in [-0.05, 0) is 44.9 Å². The largest absolute Gasteiger partial charge is 0.214 e. The van der Waals surface area contributed by atoms with Crippen LogP contribution in [0.3, 0.4) is 0 Å². The number of hydrogen-bond acceptors (Lipinski definition) is 2. The van der Waals surface area contributed by atoms with Gasteiger partial charge in [0, 0.05) is 6.04 Å². The van der Waals surface area contributed by atoms with Crippen LogP contribution in [0.2, 0.25) is 0 Å². The number of sulfonamides is 1. The fourth-order valence-electron chi connectivity index (χ4n) is 1.74. The lowest BCUT2D eigenvalue weighted by Crippen LogP contribution is -2.33. The Kier molecular flexibility index (Phi) is 2.15. The highest BCUT2D eigenvalue weighted by atomic mass is 32.2. The second-order valence-electron chi connectivity index (χ2n) is 4.56. The second-order valence-corrected chi connectivity index (χ2v) is 6.82. The van der Waals surface area contributed by atoms with E-state index in [2.05, 4.69) is 4.72 Å². The lowest BCUT2D eigenvalue weighted by molar-refractivity contribution is 0.563. The Labute approximate surface area is 80.0 Å². The van der Waals surface area contributed by atoms with E-state index < -0.39 is 10.0 Å². The smallest absolute Gasteiger partial charge is 0.212 e. The van der Waals surface area contributed by atoms with Crippen molar-refractivity contribution < 1.29 is 8.42 Å². The van der Waals surface area contributed by atoms with Gasteiger partial charge in [-0.2, -0.15) is 0 Å². The van der Waals surface area contributed by atoms with Gasteiger partial charge in [-0.25, -0.2) is 13.1 Å². The average Bonchev–Trinajstić information content (AvgIpc) is 2.75. The van der Waals surface area contributed by atoms with Crippen molar-refractivity contribution in [3.63, 3.8) is 0 Å². The van der Waals surface area contributed by atoms with Crippen molar-refractivity contribution >= 4 is 10.0 Å². The molecule has 2 fully saturated rings. The van der Waals surface area contributed by atoms with Crippen LogP contribution in [0.1, 0.15) is 33.1 Å². The van der Waals surface area contributed by atoms with Crippen LogP contribution in [-0.2, 0) is 10.0 Å². The summed E-state index contributed by atoms with van der Waals surface area (Å²) in [4.78, 5) is 0. The molecule has 0 bridgehead atoms. The van der Waals surface area contributed by atoms with Gasteiger partial charge >= 0.3 is 0 Å². The Morgan fingerprint density at radius 1 is 1.31 bits per heavy atom. The van der Waals surface area contributed by atoms with Crippen LogP contribution in [0.25, 0.3) is 0 Å². The van der Waals surface area contributed by atoms with Gasteiger partial charge in [0.25, 0.3) is 0 Å². The molecule has 0 saturated heterocycles. The zero-order valence-electron chi connectivity index (χ0n) is 8.16. The van der Waals surface area contributed by atoms with Crippen LogP contribution in [0.5, 0.6) is 0 Å². The highest BCUT2D eigenvalue weighted by Gasteiger charge is 2.49. The molecule has 0 spiro atoms. The van der Waals surface area contributed by atoms with Gasteiger partial charge in [0.05, 0.1) is 5.25 Å². The monoisotopic (exact) mass is 203 g/mol. The molecule has 0 heterocycles. The third-order valence-corrected chi connectivity index (χ3v) is 4.88. The Hall–Kier alpha value is -0.0900. The minimum Gasteiger partial charge on any atom is -0.212 e. The van der Waals surface area contributed by atoms with Crippen molar-refractivity contribution in [2.24, 2.45) is 11.8 Å². The summed E-state index contributed by atoms with van der Waals surface area (Å²) in [6.45, 7) is 3.44. The summed E-state index contributed by atoms with van der Waals surface area (Å²) >= 11 is 0. The predicted molar refractivity (Wildman–Crippen MR) is 51.8 cm³/mol. The Bertz CT molecular complexity index is 293. The molecule has 2 rings (SSSR count). The van der Waals surface area contributed by atoms with Gasteiger partial charge in [0.15, 0.2) is 0 Å². The zero-order chi connectivity index (χ0) is 9.64. The lowest BCUT2D eigenvalue weighted by Gasteiger charge is -2.08. The number of nitrogens with one attached hydrogen (secondary N) is 1. The van der Waals surface area contributed by atoms with E-state index in [1.807, 2.05) is 0 Å². The Balaban J connectivity index is 1.86. The SMILES string of the molecule is CC(C)S(=O)(=O)NC1CC1C1CC1. The fourth-order valence-corrected chi connectivity index (χ4v) is 2.71. The molecule has 2 aliphatic rings. The van der Waals surface area contributed by atoms with Crippen LogP contribution in [0, 0.1) is 11.8 Å². The third-order valence-electron chi connectivity index (χ3n) is 3.00. The van der Waals surface area contributed by atoms with Gasteiger partial charge in [-0.3, -0.25) is 0 Å². The van der Waals surface area contributed by atoms with Crippen LogP contribution >= 0.6 is 0 Å². The highest BCUT2D eigenvalue weighted by molar-refractivity contribution is 7.90. The first-order valence-corrected chi connectivity index (χ1v) is 6.56. The maximum Gasteiger partial charge on any atom is 0.214 e. The molecule has 2 aliphatic carbocycles. The van der Waals surface area contributed by atoms with E-state index in [-0.39, 0.29) is 11.3 Å². The molecule has 1 N–H and O–H groups in total. The van der Waals surface area contributed by atoms with E-state index >= 15 is 0 Å². The van der Waals surface area contributed by atoms with E-state index in [9.17, 15) is 8.42 Å². The molecule has 0 aromatic heterocycles. The van der Waals surface area contributed by atoms with Gasteiger partial charge in [0.2, 0.25) is 10.0 Å². The summed E-state index contributed by atoms with van der Waals surface area (Å²) in [5.74, 6) is 1.49. The van der Waals surface area contributed by atoms with Gasteiger partial charge < -0.3 is 0 Å². The van der Waals surface area contributed by atoms with Crippen molar-refractivity contribution in [2.45, 2.75) is 44.4 Å². The molecule has 0 aliphatic heterocycles. The summed E-state index contributed by atoms with van der Waals surface area (Å²) in [7, 11) is -3.02. The summed E-state index contributed by atoms with van der Waals surface area (Å²) in [5, 5.41) is -0.298. The molecule has 2 atom stereocenters. The fraction of sp³-hybridized carbons (Fsp3) is 1.00. The van der Waals surface area contributed by atoms with E-state index in [1.54, 1.807) is 13.8 Å². The molecule has 13 heavy (non-hydrogen) atoms. The van der Waals surface area contributed by atoms with Crippen LogP contribution < -0.4 is 4.72 Å². The first kappa shape index (κ1) is 9.46. The molecule has 4 heteroatoms. The van der Waals surface area contributed by atoms with Gasteiger partial charge in [0.1, 0.15) is 0 Å². The quantitative estimate of drug-likeness (QED) is 0.744. The van der Waals surface area contributed by atoms with E-state index in [0.717, 1.165) is 12.3 Å². The Morgan fingerprint density at radius 2 is 1.92 bits per heavy atom. The van der Waals surface area contributed by atoms with Crippen molar-refractivity contribution in [3.8, 4) is 0 Å². The second kappa shape index (κ2) is 2.95. The molecule has 0 radical (unpaired) electrons. The van der Waals surface area contributed by atoms with Crippen LogP contribution in [0.4, 0.5) is 0 Å². The number of hydrogen-bond donors (Lipinski definition) is 1. The minimum atomic E-state index is -3.02. The summed E-state index contributed by atoms with van der Waals surface area (Å²) in [6.07, 6.45) is 3.69. The molecule has 76 valence electrons. The molecule has 0 aromatic carbocycles. The Morgan fingerprint density at radius 3 is 2.38 bits per heavy atom. The van der Waals surface area contributed by atoms with Crippen molar-refractivity contribution in [3.05, 3.63) is 0 Å². The summed E-state index contributed by atoms with van der Waals surface area (Å²) in [6, 6.07) is 0.264. The van der Waals surface area contributed by atoms with Crippen molar-refractivity contribution in [2.75, 3.05) is 0 Å². The average molecular weight is 203 g/mol. The molecular formula is C9H17NO2S. The third kappa shape index (κ3) is 2.05. The predicted octanol–water partition coefficient (Wildman–Crippen LogP) is 1.11. The lowest BCUT2D eigenvalue weighted by atomic mass is 10.3. The molecule has 3 nitrogen and oxygen atoms in total. The first-order valence-electron chi connectivity index (χ1n) is 5.02. The molecule has 0 amide bonds. The molecular weight excluding hydrogens is 186 g/mol. The van der Waals surface area contributed by atoms with Gasteiger partial charge in [-0.15, -0.1) is 0 Å². The summed E-state index contributed by atoms with van der Waals surface area (Å²) < 4.78 is 25.7. The first-order chi connectivity index (χ1) is 6.00. The maximum atomic E-state index is 11.5. The van der Waals surface area contributed by atoms with Crippen LogP contribution in [-0.4, -0.2) is 19.7 Å². The van der Waals surface area contributed by atoms with Gasteiger partial charge in [-0.1, -0.05) is 0 Å². The van der Waals surface area contributed by atoms with Crippen molar-refractivity contribution in [1.29, 1.82) is 0 Å². The summed E-state index contributed by atoms with van der Waals surface area (Å²) in [5.41, 5.74) is 0. The number of rotatable bonds is 4. The zero-order valence-corrected chi connectivity index (χ0v) is 8.97.